The third-order valence-electron chi connectivity index (χ3n) is 4.02. The van der Waals surface area contributed by atoms with Crippen molar-refractivity contribution in [3.8, 4) is 0 Å². The Kier molecular flexibility index (Phi) is 6.99. The molecule has 5 heteroatoms. The van der Waals surface area contributed by atoms with Gasteiger partial charge in [0.15, 0.2) is 5.96 Å². The van der Waals surface area contributed by atoms with E-state index in [0.717, 1.165) is 25.5 Å². The first-order valence-corrected chi connectivity index (χ1v) is 8.09. The monoisotopic (exact) mass is 296 g/mol. The molecule has 1 fully saturated rings. The number of piperidine rings is 1. The van der Waals surface area contributed by atoms with Gasteiger partial charge in [-0.05, 0) is 31.6 Å². The van der Waals surface area contributed by atoms with Crippen LogP contribution in [0.2, 0.25) is 0 Å². The van der Waals surface area contributed by atoms with Gasteiger partial charge < -0.3 is 15.1 Å². The summed E-state index contributed by atoms with van der Waals surface area (Å²) in [5.74, 6) is 2.26. The van der Waals surface area contributed by atoms with Gasteiger partial charge in [0, 0.05) is 33.2 Å². The molecule has 0 spiro atoms. The van der Waals surface area contributed by atoms with E-state index >= 15 is 0 Å². The third-order valence-corrected chi connectivity index (χ3v) is 4.02. The number of amides is 1. The zero-order valence-corrected chi connectivity index (χ0v) is 14.5. The number of rotatable bonds is 4. The zero-order valence-electron chi connectivity index (χ0n) is 14.5. The van der Waals surface area contributed by atoms with Crippen LogP contribution in [-0.4, -0.2) is 61.4 Å². The van der Waals surface area contributed by atoms with Crippen LogP contribution in [0.25, 0.3) is 0 Å². The highest BCUT2D eigenvalue weighted by Crippen LogP contribution is 2.21. The standard InChI is InChI=1S/C16H32N4O/c1-7-14(4)18-16(17-9-15(21)19(5)6)20-10-12(2)8-13(3)11-20/h12-14H,7-11H2,1-6H3,(H,17,18). The number of carbonyl (C=O) groups is 1. The predicted octanol–water partition coefficient (Wildman–Crippen LogP) is 1.80. The first-order chi connectivity index (χ1) is 9.83. The second kappa shape index (κ2) is 8.25. The van der Waals surface area contributed by atoms with Gasteiger partial charge in [0.05, 0.1) is 0 Å². The summed E-state index contributed by atoms with van der Waals surface area (Å²) in [5.41, 5.74) is 0. The summed E-state index contributed by atoms with van der Waals surface area (Å²) in [6, 6.07) is 0.366. The average Bonchev–Trinajstić information content (AvgIpc) is 2.41. The molecule has 3 atom stereocenters. The highest BCUT2D eigenvalue weighted by molar-refractivity contribution is 5.85. The summed E-state index contributed by atoms with van der Waals surface area (Å²) < 4.78 is 0. The minimum absolute atomic E-state index is 0.0385. The molecule has 0 aromatic heterocycles. The molecular formula is C16H32N4O. The number of guanidine groups is 1. The fourth-order valence-electron chi connectivity index (χ4n) is 2.68. The molecular weight excluding hydrogens is 264 g/mol. The lowest BCUT2D eigenvalue weighted by Gasteiger charge is -2.38. The molecule has 0 saturated carbocycles. The number of nitrogens with zero attached hydrogens (tertiary/aromatic N) is 3. The van der Waals surface area contributed by atoms with Crippen LogP contribution < -0.4 is 5.32 Å². The number of nitrogens with one attached hydrogen (secondary N) is 1. The molecule has 21 heavy (non-hydrogen) atoms. The average molecular weight is 296 g/mol. The van der Waals surface area contributed by atoms with Gasteiger partial charge in [0.2, 0.25) is 5.91 Å². The van der Waals surface area contributed by atoms with Gasteiger partial charge in [-0.15, -0.1) is 0 Å². The molecule has 0 aliphatic carbocycles. The second-order valence-corrected chi connectivity index (χ2v) is 6.73. The molecule has 1 aliphatic heterocycles. The Bertz CT molecular complexity index is 357. The van der Waals surface area contributed by atoms with Crippen LogP contribution in [0.15, 0.2) is 4.99 Å². The molecule has 1 heterocycles. The van der Waals surface area contributed by atoms with E-state index in [4.69, 9.17) is 0 Å². The van der Waals surface area contributed by atoms with E-state index < -0.39 is 0 Å². The van der Waals surface area contributed by atoms with Crippen LogP contribution in [0.1, 0.15) is 40.5 Å². The number of likely N-dealkylation sites (tertiary alicyclic amines) is 1. The lowest BCUT2D eigenvalue weighted by Crippen LogP contribution is -2.50. The first-order valence-electron chi connectivity index (χ1n) is 8.09. The van der Waals surface area contributed by atoms with E-state index in [0.29, 0.717) is 17.9 Å². The van der Waals surface area contributed by atoms with Crippen LogP contribution >= 0.6 is 0 Å². The Morgan fingerprint density at radius 2 is 1.90 bits per heavy atom. The molecule has 1 N–H and O–H groups in total. The molecule has 1 aliphatic rings. The number of carbonyl (C=O) groups excluding carboxylic acids is 1. The largest absolute Gasteiger partial charge is 0.354 e. The maximum atomic E-state index is 11.8. The fraction of sp³-hybridized carbons (Fsp3) is 0.875. The van der Waals surface area contributed by atoms with Crippen molar-refractivity contribution >= 4 is 11.9 Å². The van der Waals surface area contributed by atoms with Gasteiger partial charge in [-0.3, -0.25) is 4.79 Å². The number of hydrogen-bond acceptors (Lipinski definition) is 2. The van der Waals surface area contributed by atoms with Gasteiger partial charge in [-0.1, -0.05) is 20.8 Å². The molecule has 0 aromatic rings. The number of aliphatic imine (C=N–C) groups is 1. The van der Waals surface area contributed by atoms with Crippen LogP contribution in [0.3, 0.4) is 0 Å². The van der Waals surface area contributed by atoms with Crippen molar-refractivity contribution in [2.45, 2.75) is 46.6 Å². The Balaban J connectivity index is 2.80. The van der Waals surface area contributed by atoms with Crippen molar-refractivity contribution in [3.63, 3.8) is 0 Å². The number of hydrogen-bond donors (Lipinski definition) is 1. The Labute approximate surface area is 129 Å². The van der Waals surface area contributed by atoms with E-state index in [1.54, 1.807) is 19.0 Å². The lowest BCUT2D eigenvalue weighted by atomic mass is 9.92. The van der Waals surface area contributed by atoms with Crippen LogP contribution in [0, 0.1) is 11.8 Å². The van der Waals surface area contributed by atoms with Crippen molar-refractivity contribution in [1.29, 1.82) is 0 Å². The molecule has 1 saturated heterocycles. The maximum absolute atomic E-state index is 11.8. The summed E-state index contributed by atoms with van der Waals surface area (Å²) >= 11 is 0. The maximum Gasteiger partial charge on any atom is 0.243 e. The Morgan fingerprint density at radius 1 is 1.33 bits per heavy atom. The van der Waals surface area contributed by atoms with E-state index in [-0.39, 0.29) is 12.5 Å². The Morgan fingerprint density at radius 3 is 2.38 bits per heavy atom. The van der Waals surface area contributed by atoms with Crippen LogP contribution in [0.4, 0.5) is 0 Å². The minimum atomic E-state index is 0.0385. The molecule has 1 amide bonds. The SMILES string of the molecule is CCC(C)NC(=NCC(=O)N(C)C)N1CC(C)CC(C)C1. The minimum Gasteiger partial charge on any atom is -0.354 e. The molecule has 122 valence electrons. The van der Waals surface area contributed by atoms with Gasteiger partial charge in [0.1, 0.15) is 6.54 Å². The highest BCUT2D eigenvalue weighted by Gasteiger charge is 2.25. The quantitative estimate of drug-likeness (QED) is 0.635. The summed E-state index contributed by atoms with van der Waals surface area (Å²) in [6.07, 6.45) is 2.31. The van der Waals surface area contributed by atoms with Gasteiger partial charge in [-0.2, -0.15) is 0 Å². The van der Waals surface area contributed by atoms with E-state index in [1.165, 1.54) is 6.42 Å². The molecule has 0 radical (unpaired) electrons. The fourth-order valence-corrected chi connectivity index (χ4v) is 2.68. The number of likely N-dealkylation sites (N-methyl/N-ethyl adjacent to an activating group) is 1. The van der Waals surface area contributed by atoms with Crippen molar-refractivity contribution in [1.82, 2.24) is 15.1 Å². The zero-order chi connectivity index (χ0) is 16.0. The molecule has 1 rings (SSSR count). The Hall–Kier alpha value is -1.26. The summed E-state index contributed by atoms with van der Waals surface area (Å²) in [7, 11) is 3.54. The van der Waals surface area contributed by atoms with Crippen molar-refractivity contribution in [2.75, 3.05) is 33.7 Å². The van der Waals surface area contributed by atoms with Crippen molar-refractivity contribution in [3.05, 3.63) is 0 Å². The molecule has 5 nitrogen and oxygen atoms in total. The molecule has 3 unspecified atom stereocenters. The molecule has 0 aromatic carbocycles. The summed E-state index contributed by atoms with van der Waals surface area (Å²) in [6.45, 7) is 11.1. The second-order valence-electron chi connectivity index (χ2n) is 6.73. The van der Waals surface area contributed by atoms with Gasteiger partial charge in [-0.25, -0.2) is 4.99 Å². The normalized spacial score (nSPS) is 24.7. The lowest BCUT2D eigenvalue weighted by molar-refractivity contribution is -0.127. The van der Waals surface area contributed by atoms with Crippen LogP contribution in [-0.2, 0) is 4.79 Å². The third kappa shape index (κ3) is 5.94. The van der Waals surface area contributed by atoms with E-state index in [9.17, 15) is 4.79 Å². The van der Waals surface area contributed by atoms with Crippen molar-refractivity contribution < 1.29 is 4.79 Å². The van der Waals surface area contributed by atoms with E-state index in [1.807, 2.05) is 0 Å². The van der Waals surface area contributed by atoms with E-state index in [2.05, 4.69) is 42.9 Å². The van der Waals surface area contributed by atoms with Gasteiger partial charge >= 0.3 is 0 Å². The van der Waals surface area contributed by atoms with Crippen LogP contribution in [0.5, 0.6) is 0 Å². The molecule has 0 bridgehead atoms. The van der Waals surface area contributed by atoms with Gasteiger partial charge in [0.25, 0.3) is 0 Å². The first kappa shape index (κ1) is 17.8. The summed E-state index contributed by atoms with van der Waals surface area (Å²) in [5, 5.41) is 3.48. The topological polar surface area (TPSA) is 47.9 Å². The smallest absolute Gasteiger partial charge is 0.243 e. The van der Waals surface area contributed by atoms with Crippen molar-refractivity contribution in [2.24, 2.45) is 16.8 Å². The highest BCUT2D eigenvalue weighted by atomic mass is 16.2. The summed E-state index contributed by atoms with van der Waals surface area (Å²) in [4.78, 5) is 20.3. The predicted molar refractivity (Wildman–Crippen MR) is 88.4 cm³/mol.